The molecule has 1 aliphatic heterocycles. The predicted molar refractivity (Wildman–Crippen MR) is 76.8 cm³/mol. The normalized spacial score (nSPS) is 18.8. The Morgan fingerprint density at radius 3 is 3.00 bits per heavy atom. The third kappa shape index (κ3) is 2.80. The van der Waals surface area contributed by atoms with Crippen molar-refractivity contribution in [3.63, 3.8) is 0 Å². The van der Waals surface area contributed by atoms with Crippen molar-refractivity contribution in [3.05, 3.63) is 47.5 Å². The first-order chi connectivity index (χ1) is 10.1. The second-order valence-electron chi connectivity index (χ2n) is 5.25. The zero-order valence-electron chi connectivity index (χ0n) is 12.2. The van der Waals surface area contributed by atoms with E-state index in [-0.39, 0.29) is 12.0 Å². The molecule has 0 N–H and O–H groups in total. The van der Waals surface area contributed by atoms with Gasteiger partial charge in [0.05, 0.1) is 24.9 Å². The molecule has 21 heavy (non-hydrogen) atoms. The van der Waals surface area contributed by atoms with E-state index < -0.39 is 0 Å². The fourth-order valence-electron chi connectivity index (χ4n) is 2.50. The summed E-state index contributed by atoms with van der Waals surface area (Å²) in [6.45, 7) is 3.60. The van der Waals surface area contributed by atoms with Crippen LogP contribution in [-0.2, 0) is 11.8 Å². The third-order valence-corrected chi connectivity index (χ3v) is 3.72. The maximum Gasteiger partial charge on any atom is 0.255 e. The first-order valence-electron chi connectivity index (χ1n) is 6.95. The van der Waals surface area contributed by atoms with Crippen molar-refractivity contribution in [2.45, 2.75) is 13.0 Å². The first-order valence-corrected chi connectivity index (χ1v) is 6.95. The largest absolute Gasteiger partial charge is 0.370 e. The Balaban J connectivity index is 1.77. The summed E-state index contributed by atoms with van der Waals surface area (Å²) < 4.78 is 7.50. The molecule has 1 fully saturated rings. The van der Waals surface area contributed by atoms with Crippen LogP contribution in [0.1, 0.15) is 27.6 Å². The topological polar surface area (TPSA) is 60.3 Å². The van der Waals surface area contributed by atoms with Crippen LogP contribution >= 0.6 is 0 Å². The standard InChI is InChI=1S/C15H18N4O2/c1-11-3-4-16-8-13(11)15(20)19-5-6-21-14(10-19)12-7-17-18(2)9-12/h3-4,7-9,14H,5-6,10H2,1-2H3. The predicted octanol–water partition coefficient (Wildman–Crippen LogP) is 1.34. The molecule has 0 spiro atoms. The molecule has 0 saturated carbocycles. The van der Waals surface area contributed by atoms with Crippen molar-refractivity contribution in [1.29, 1.82) is 0 Å². The molecule has 1 unspecified atom stereocenters. The summed E-state index contributed by atoms with van der Waals surface area (Å²) in [5.74, 6) is 0.0118. The van der Waals surface area contributed by atoms with Crippen LogP contribution in [0.15, 0.2) is 30.9 Å². The van der Waals surface area contributed by atoms with Crippen molar-refractivity contribution in [3.8, 4) is 0 Å². The summed E-state index contributed by atoms with van der Waals surface area (Å²) in [4.78, 5) is 18.5. The third-order valence-electron chi connectivity index (χ3n) is 3.72. The van der Waals surface area contributed by atoms with E-state index in [2.05, 4.69) is 10.1 Å². The summed E-state index contributed by atoms with van der Waals surface area (Å²) in [6.07, 6.45) is 6.92. The minimum absolute atomic E-state index is 0.0118. The number of pyridine rings is 1. The Labute approximate surface area is 123 Å². The van der Waals surface area contributed by atoms with Gasteiger partial charge in [-0.05, 0) is 18.6 Å². The van der Waals surface area contributed by atoms with Gasteiger partial charge in [-0.1, -0.05) is 0 Å². The lowest BCUT2D eigenvalue weighted by Crippen LogP contribution is -2.42. The van der Waals surface area contributed by atoms with Crippen molar-refractivity contribution >= 4 is 5.91 Å². The molecule has 1 atom stereocenters. The van der Waals surface area contributed by atoms with E-state index in [1.165, 1.54) is 0 Å². The van der Waals surface area contributed by atoms with Crippen LogP contribution in [0, 0.1) is 6.92 Å². The molecule has 1 aliphatic rings. The lowest BCUT2D eigenvalue weighted by atomic mass is 10.1. The lowest BCUT2D eigenvalue weighted by molar-refractivity contribution is -0.0228. The number of carbonyl (C=O) groups excluding carboxylic acids is 1. The highest BCUT2D eigenvalue weighted by Crippen LogP contribution is 2.23. The maximum atomic E-state index is 12.6. The van der Waals surface area contributed by atoms with Gasteiger partial charge in [0.15, 0.2) is 0 Å². The fraction of sp³-hybridized carbons (Fsp3) is 0.400. The molecule has 2 aromatic rings. The molecule has 110 valence electrons. The minimum atomic E-state index is -0.117. The highest BCUT2D eigenvalue weighted by Gasteiger charge is 2.27. The van der Waals surface area contributed by atoms with Crippen molar-refractivity contribution in [1.82, 2.24) is 19.7 Å². The number of hydrogen-bond acceptors (Lipinski definition) is 4. The molecule has 0 bridgehead atoms. The Kier molecular flexibility index (Phi) is 3.70. The van der Waals surface area contributed by atoms with Gasteiger partial charge in [0.25, 0.3) is 5.91 Å². The van der Waals surface area contributed by atoms with Gasteiger partial charge in [0.2, 0.25) is 0 Å². The van der Waals surface area contributed by atoms with Gasteiger partial charge in [-0.2, -0.15) is 5.10 Å². The number of aromatic nitrogens is 3. The molecule has 1 amide bonds. The van der Waals surface area contributed by atoms with E-state index in [1.807, 2.05) is 31.1 Å². The second kappa shape index (κ2) is 5.65. The Hall–Kier alpha value is -2.21. The van der Waals surface area contributed by atoms with Gasteiger partial charge in [0, 0.05) is 37.7 Å². The van der Waals surface area contributed by atoms with E-state index >= 15 is 0 Å². The van der Waals surface area contributed by atoms with Crippen LogP contribution in [0.3, 0.4) is 0 Å². The first kappa shape index (κ1) is 13.8. The summed E-state index contributed by atoms with van der Waals surface area (Å²) in [7, 11) is 1.87. The van der Waals surface area contributed by atoms with Crippen LogP contribution in [-0.4, -0.2) is 45.3 Å². The van der Waals surface area contributed by atoms with E-state index in [4.69, 9.17) is 4.74 Å². The van der Waals surface area contributed by atoms with Crippen molar-refractivity contribution < 1.29 is 9.53 Å². The highest BCUT2D eigenvalue weighted by atomic mass is 16.5. The molecular weight excluding hydrogens is 268 g/mol. The molecule has 0 aliphatic carbocycles. The number of amides is 1. The quantitative estimate of drug-likeness (QED) is 0.836. The van der Waals surface area contributed by atoms with Crippen LogP contribution in [0.5, 0.6) is 0 Å². The number of aryl methyl sites for hydroxylation is 2. The Morgan fingerprint density at radius 1 is 1.43 bits per heavy atom. The van der Waals surface area contributed by atoms with Gasteiger partial charge in [-0.3, -0.25) is 14.5 Å². The summed E-state index contributed by atoms with van der Waals surface area (Å²) in [5.41, 5.74) is 2.60. The summed E-state index contributed by atoms with van der Waals surface area (Å²) in [6, 6.07) is 1.85. The zero-order valence-corrected chi connectivity index (χ0v) is 12.2. The molecule has 1 saturated heterocycles. The van der Waals surface area contributed by atoms with Gasteiger partial charge in [-0.25, -0.2) is 0 Å². The van der Waals surface area contributed by atoms with Gasteiger partial charge in [0.1, 0.15) is 6.10 Å². The van der Waals surface area contributed by atoms with E-state index in [1.54, 1.807) is 23.3 Å². The van der Waals surface area contributed by atoms with Crippen LogP contribution in [0.4, 0.5) is 0 Å². The number of morpholine rings is 1. The van der Waals surface area contributed by atoms with E-state index in [0.717, 1.165) is 11.1 Å². The molecule has 2 aromatic heterocycles. The van der Waals surface area contributed by atoms with Crippen molar-refractivity contribution in [2.24, 2.45) is 7.05 Å². The summed E-state index contributed by atoms with van der Waals surface area (Å²) in [5, 5.41) is 4.16. The number of carbonyl (C=O) groups is 1. The smallest absolute Gasteiger partial charge is 0.255 e. The summed E-state index contributed by atoms with van der Waals surface area (Å²) >= 11 is 0. The fourth-order valence-corrected chi connectivity index (χ4v) is 2.50. The monoisotopic (exact) mass is 286 g/mol. The van der Waals surface area contributed by atoms with E-state index in [0.29, 0.717) is 25.3 Å². The number of rotatable bonds is 2. The van der Waals surface area contributed by atoms with Gasteiger partial charge in [-0.15, -0.1) is 0 Å². The molecule has 6 nitrogen and oxygen atoms in total. The Bertz CT molecular complexity index is 653. The average Bonchev–Trinajstić information content (AvgIpc) is 2.94. The molecule has 0 radical (unpaired) electrons. The van der Waals surface area contributed by atoms with E-state index in [9.17, 15) is 4.79 Å². The minimum Gasteiger partial charge on any atom is -0.370 e. The highest BCUT2D eigenvalue weighted by molar-refractivity contribution is 5.95. The second-order valence-corrected chi connectivity index (χ2v) is 5.25. The van der Waals surface area contributed by atoms with Gasteiger partial charge >= 0.3 is 0 Å². The Morgan fingerprint density at radius 2 is 2.29 bits per heavy atom. The number of nitrogens with zero attached hydrogens (tertiary/aromatic N) is 4. The SMILES string of the molecule is Cc1ccncc1C(=O)N1CCOC(c2cnn(C)c2)C1. The molecule has 3 heterocycles. The number of ether oxygens (including phenoxy) is 1. The van der Waals surface area contributed by atoms with Crippen LogP contribution in [0.25, 0.3) is 0 Å². The maximum absolute atomic E-state index is 12.6. The molecule has 3 rings (SSSR count). The lowest BCUT2D eigenvalue weighted by Gasteiger charge is -2.32. The zero-order chi connectivity index (χ0) is 14.8. The average molecular weight is 286 g/mol. The molecular formula is C15H18N4O2. The molecule has 6 heteroatoms. The van der Waals surface area contributed by atoms with Crippen LogP contribution in [0.2, 0.25) is 0 Å². The van der Waals surface area contributed by atoms with Crippen LogP contribution < -0.4 is 0 Å². The molecule has 0 aromatic carbocycles. The van der Waals surface area contributed by atoms with Gasteiger partial charge < -0.3 is 9.64 Å². The number of hydrogen-bond donors (Lipinski definition) is 0. The van der Waals surface area contributed by atoms with Crippen molar-refractivity contribution in [2.75, 3.05) is 19.7 Å².